The first-order chi connectivity index (χ1) is 9.59. The molecule has 0 radical (unpaired) electrons. The largest absolute Gasteiger partial charge is 0.393 e. The number of ketones is 1. The fourth-order valence-electron chi connectivity index (χ4n) is 6.15. The molecular formula is C18H26O2. The number of hydrogen-bond acceptors (Lipinski definition) is 2. The summed E-state index contributed by atoms with van der Waals surface area (Å²) in [5, 5.41) is 10.4. The van der Waals surface area contributed by atoms with E-state index in [0.29, 0.717) is 11.7 Å². The fourth-order valence-corrected chi connectivity index (χ4v) is 6.15. The summed E-state index contributed by atoms with van der Waals surface area (Å²) in [6, 6.07) is 0. The average Bonchev–Trinajstić information content (AvgIpc) is 2.74. The molecule has 110 valence electrons. The minimum Gasteiger partial charge on any atom is -0.393 e. The van der Waals surface area contributed by atoms with E-state index in [4.69, 9.17) is 0 Å². The van der Waals surface area contributed by atoms with Crippen molar-refractivity contribution in [3.05, 3.63) is 11.6 Å². The summed E-state index contributed by atoms with van der Waals surface area (Å²) in [6.07, 6.45) is 10.9. The van der Waals surface area contributed by atoms with Crippen molar-refractivity contribution >= 4 is 5.78 Å². The summed E-state index contributed by atoms with van der Waals surface area (Å²) in [7, 11) is 0. The Bertz CT molecular complexity index is 466. The van der Waals surface area contributed by atoms with E-state index in [9.17, 15) is 9.90 Å². The van der Waals surface area contributed by atoms with E-state index in [0.717, 1.165) is 43.4 Å². The first kappa shape index (κ1) is 13.1. The van der Waals surface area contributed by atoms with Gasteiger partial charge in [0.15, 0.2) is 5.78 Å². The van der Waals surface area contributed by atoms with Gasteiger partial charge in [0.25, 0.3) is 0 Å². The Labute approximate surface area is 121 Å². The van der Waals surface area contributed by atoms with Crippen LogP contribution < -0.4 is 0 Å². The number of aliphatic hydroxyl groups excluding tert-OH is 1. The summed E-state index contributed by atoms with van der Waals surface area (Å²) in [5.74, 6) is 3.38. The lowest BCUT2D eigenvalue weighted by molar-refractivity contribution is -0.116. The third kappa shape index (κ3) is 1.70. The molecule has 0 aliphatic heterocycles. The first-order valence-electron chi connectivity index (χ1n) is 8.51. The van der Waals surface area contributed by atoms with Gasteiger partial charge in [0.1, 0.15) is 0 Å². The molecule has 3 fully saturated rings. The lowest BCUT2D eigenvalue weighted by Crippen LogP contribution is -2.47. The van der Waals surface area contributed by atoms with Gasteiger partial charge in [-0.2, -0.15) is 0 Å². The Morgan fingerprint density at radius 1 is 1.10 bits per heavy atom. The minimum atomic E-state index is -0.0710. The zero-order chi connectivity index (χ0) is 13.9. The molecular weight excluding hydrogens is 248 g/mol. The Morgan fingerprint density at radius 2 is 1.95 bits per heavy atom. The highest BCUT2D eigenvalue weighted by molar-refractivity contribution is 5.91. The molecule has 4 aliphatic rings. The van der Waals surface area contributed by atoms with Crippen LogP contribution in [0.5, 0.6) is 0 Å². The van der Waals surface area contributed by atoms with E-state index in [1.165, 1.54) is 31.3 Å². The highest BCUT2D eigenvalue weighted by Gasteiger charge is 2.55. The van der Waals surface area contributed by atoms with Crippen LogP contribution in [0.15, 0.2) is 11.6 Å². The molecule has 20 heavy (non-hydrogen) atoms. The van der Waals surface area contributed by atoms with Gasteiger partial charge < -0.3 is 5.11 Å². The molecule has 3 saturated carbocycles. The molecule has 4 rings (SSSR count). The third-order valence-electron chi connectivity index (χ3n) is 7.25. The predicted octanol–water partition coefficient (Wildman–Crippen LogP) is 3.49. The first-order valence-corrected chi connectivity index (χ1v) is 8.51. The molecule has 0 spiro atoms. The van der Waals surface area contributed by atoms with Crippen molar-refractivity contribution in [2.75, 3.05) is 0 Å². The number of carbonyl (C=O) groups is 1. The molecule has 2 nitrogen and oxygen atoms in total. The van der Waals surface area contributed by atoms with Gasteiger partial charge in [-0.25, -0.2) is 0 Å². The summed E-state index contributed by atoms with van der Waals surface area (Å²) >= 11 is 0. The number of carbonyl (C=O) groups excluding carboxylic acids is 1. The summed E-state index contributed by atoms with van der Waals surface area (Å²) in [6.45, 7) is 2.33. The second kappa shape index (κ2) is 4.43. The van der Waals surface area contributed by atoms with Crippen molar-refractivity contribution in [3.8, 4) is 0 Å². The number of hydrogen-bond donors (Lipinski definition) is 1. The van der Waals surface area contributed by atoms with E-state index in [1.807, 2.05) is 6.08 Å². The maximum Gasteiger partial charge on any atom is 0.155 e. The second-order valence-electron chi connectivity index (χ2n) is 7.94. The van der Waals surface area contributed by atoms with Crippen LogP contribution in [-0.2, 0) is 4.79 Å². The maximum atomic E-state index is 11.6. The Balaban J connectivity index is 1.63. The van der Waals surface area contributed by atoms with Gasteiger partial charge in [0.05, 0.1) is 6.10 Å². The van der Waals surface area contributed by atoms with Crippen molar-refractivity contribution in [1.82, 2.24) is 0 Å². The van der Waals surface area contributed by atoms with Crippen LogP contribution >= 0.6 is 0 Å². The van der Waals surface area contributed by atoms with Gasteiger partial charge >= 0.3 is 0 Å². The van der Waals surface area contributed by atoms with E-state index < -0.39 is 0 Å². The zero-order valence-electron chi connectivity index (χ0n) is 12.5. The lowest BCUT2D eigenvalue weighted by atomic mass is 9.52. The van der Waals surface area contributed by atoms with E-state index >= 15 is 0 Å². The smallest absolute Gasteiger partial charge is 0.155 e. The highest BCUT2D eigenvalue weighted by atomic mass is 16.3. The Kier molecular flexibility index (Phi) is 2.89. The highest BCUT2D eigenvalue weighted by Crippen LogP contribution is 2.61. The minimum absolute atomic E-state index is 0.0710. The molecule has 0 bridgehead atoms. The Hall–Kier alpha value is -0.630. The zero-order valence-corrected chi connectivity index (χ0v) is 12.5. The summed E-state index contributed by atoms with van der Waals surface area (Å²) in [5.41, 5.74) is 1.65. The molecule has 3 unspecified atom stereocenters. The second-order valence-corrected chi connectivity index (χ2v) is 7.94. The van der Waals surface area contributed by atoms with Crippen LogP contribution in [0.1, 0.15) is 58.3 Å². The van der Waals surface area contributed by atoms with Crippen molar-refractivity contribution in [3.63, 3.8) is 0 Å². The van der Waals surface area contributed by atoms with Crippen LogP contribution in [0, 0.1) is 29.1 Å². The van der Waals surface area contributed by atoms with Crippen LogP contribution in [-0.4, -0.2) is 17.0 Å². The van der Waals surface area contributed by atoms with Crippen molar-refractivity contribution in [2.45, 2.75) is 64.4 Å². The van der Waals surface area contributed by atoms with Gasteiger partial charge in [-0.05, 0) is 80.1 Å². The van der Waals surface area contributed by atoms with E-state index in [1.54, 1.807) is 0 Å². The maximum absolute atomic E-state index is 11.6. The van der Waals surface area contributed by atoms with Crippen LogP contribution in [0.25, 0.3) is 0 Å². The van der Waals surface area contributed by atoms with Crippen LogP contribution in [0.2, 0.25) is 0 Å². The molecule has 0 heterocycles. The molecule has 0 aromatic carbocycles. The number of fused-ring (bicyclic) bond motifs is 5. The molecule has 0 saturated heterocycles. The van der Waals surface area contributed by atoms with Gasteiger partial charge in [-0.15, -0.1) is 0 Å². The lowest BCUT2D eigenvalue weighted by Gasteiger charge is -2.53. The van der Waals surface area contributed by atoms with Crippen molar-refractivity contribution in [2.24, 2.45) is 29.1 Å². The number of allylic oxidation sites excluding steroid dienone is 1. The molecule has 1 N–H and O–H groups in total. The topological polar surface area (TPSA) is 37.3 Å². The van der Waals surface area contributed by atoms with Gasteiger partial charge in [0, 0.05) is 6.42 Å². The normalized spacial score (nSPS) is 51.0. The van der Waals surface area contributed by atoms with Crippen molar-refractivity contribution in [1.29, 1.82) is 0 Å². The van der Waals surface area contributed by atoms with Gasteiger partial charge in [-0.1, -0.05) is 12.5 Å². The standard InChI is InChI=1S/C18H26O2/c1-18-9-8-14-13-5-3-12(19)10-11(13)2-4-15(14)16(18)6-7-17(18)20/h10,13-17,20H,2-9H2,1H3/t13?,14-,15?,16+,17-,18?/m1/s1. The monoisotopic (exact) mass is 274 g/mol. The molecule has 4 aliphatic carbocycles. The summed E-state index contributed by atoms with van der Waals surface area (Å²) < 4.78 is 0. The molecule has 0 aromatic rings. The van der Waals surface area contributed by atoms with Gasteiger partial charge in [0.2, 0.25) is 0 Å². The average molecular weight is 274 g/mol. The molecule has 0 aromatic heterocycles. The van der Waals surface area contributed by atoms with Gasteiger partial charge in [-0.3, -0.25) is 4.79 Å². The predicted molar refractivity (Wildman–Crippen MR) is 78.1 cm³/mol. The molecule has 2 heteroatoms. The SMILES string of the molecule is CC12CC[C@@H]3C4CCC(=O)C=C4CCC3[C@@H]1CC[C@H]2O. The van der Waals surface area contributed by atoms with Crippen LogP contribution in [0.3, 0.4) is 0 Å². The Morgan fingerprint density at radius 3 is 2.80 bits per heavy atom. The fraction of sp³-hybridized carbons (Fsp3) is 0.833. The molecule has 6 atom stereocenters. The van der Waals surface area contributed by atoms with E-state index in [-0.39, 0.29) is 11.5 Å². The number of rotatable bonds is 0. The quantitative estimate of drug-likeness (QED) is 0.734. The number of aliphatic hydroxyl groups is 1. The van der Waals surface area contributed by atoms with Crippen molar-refractivity contribution < 1.29 is 9.90 Å². The third-order valence-corrected chi connectivity index (χ3v) is 7.25. The molecule has 0 amide bonds. The van der Waals surface area contributed by atoms with E-state index in [2.05, 4.69) is 6.92 Å². The van der Waals surface area contributed by atoms with Crippen LogP contribution in [0.4, 0.5) is 0 Å². The summed E-state index contributed by atoms with van der Waals surface area (Å²) in [4.78, 5) is 11.6.